The summed E-state index contributed by atoms with van der Waals surface area (Å²) >= 11 is 1.28. The third kappa shape index (κ3) is 3.17. The van der Waals surface area contributed by atoms with Gasteiger partial charge < -0.3 is 9.32 Å². The minimum Gasteiger partial charge on any atom is -0.411 e. The third-order valence-corrected chi connectivity index (χ3v) is 5.09. The van der Waals surface area contributed by atoms with Gasteiger partial charge >= 0.3 is 0 Å². The van der Waals surface area contributed by atoms with Gasteiger partial charge in [-0.1, -0.05) is 48.2 Å². The van der Waals surface area contributed by atoms with Crippen LogP contribution in [0.5, 0.6) is 0 Å². The van der Waals surface area contributed by atoms with E-state index in [-0.39, 0.29) is 11.7 Å². The number of hydrogen-bond acceptors (Lipinski definition) is 5. The molecule has 5 nitrogen and oxygen atoms in total. The molecule has 0 atom stereocenters. The van der Waals surface area contributed by atoms with Gasteiger partial charge in [-0.05, 0) is 36.6 Å². The summed E-state index contributed by atoms with van der Waals surface area (Å²) in [5, 5.41) is 8.56. The Balaban J connectivity index is 1.43. The smallest absolute Gasteiger partial charge is 0.277 e. The van der Waals surface area contributed by atoms with Crippen molar-refractivity contribution >= 4 is 23.4 Å². The number of fused-ring (bicyclic) bond motifs is 1. The molecule has 0 radical (unpaired) electrons. The van der Waals surface area contributed by atoms with Crippen molar-refractivity contribution in [3.8, 4) is 11.5 Å². The molecule has 6 heteroatoms. The van der Waals surface area contributed by atoms with Crippen molar-refractivity contribution in [2.75, 3.05) is 17.2 Å². The zero-order valence-electron chi connectivity index (χ0n) is 13.8. The lowest BCUT2D eigenvalue weighted by Crippen LogP contribution is -2.30. The van der Waals surface area contributed by atoms with Crippen molar-refractivity contribution in [2.24, 2.45) is 0 Å². The maximum Gasteiger partial charge on any atom is 0.277 e. The first-order valence-electron chi connectivity index (χ1n) is 8.13. The molecule has 126 valence electrons. The molecular formula is C19H17N3O2S. The van der Waals surface area contributed by atoms with E-state index in [0.29, 0.717) is 11.1 Å². The van der Waals surface area contributed by atoms with Crippen molar-refractivity contribution in [1.82, 2.24) is 10.2 Å². The van der Waals surface area contributed by atoms with Crippen LogP contribution >= 0.6 is 11.8 Å². The van der Waals surface area contributed by atoms with Gasteiger partial charge in [-0.15, -0.1) is 10.2 Å². The van der Waals surface area contributed by atoms with Gasteiger partial charge in [0.05, 0.1) is 5.75 Å². The molecule has 4 rings (SSSR count). The summed E-state index contributed by atoms with van der Waals surface area (Å²) in [6.45, 7) is 2.73. The third-order valence-electron chi connectivity index (χ3n) is 4.29. The zero-order chi connectivity index (χ0) is 17.2. The van der Waals surface area contributed by atoms with Crippen molar-refractivity contribution in [2.45, 2.75) is 18.6 Å². The van der Waals surface area contributed by atoms with Gasteiger partial charge in [0.15, 0.2) is 0 Å². The second-order valence-corrected chi connectivity index (χ2v) is 6.83. The molecule has 0 unspecified atom stereocenters. The van der Waals surface area contributed by atoms with Crippen molar-refractivity contribution in [3.63, 3.8) is 0 Å². The Morgan fingerprint density at radius 2 is 1.96 bits per heavy atom. The molecule has 1 aliphatic rings. The molecule has 0 N–H and O–H groups in total. The van der Waals surface area contributed by atoms with Crippen LogP contribution in [-0.2, 0) is 11.2 Å². The lowest BCUT2D eigenvalue weighted by molar-refractivity contribution is -0.116. The van der Waals surface area contributed by atoms with Gasteiger partial charge in [0.1, 0.15) is 0 Å². The summed E-state index contributed by atoms with van der Waals surface area (Å²) in [4.78, 5) is 14.4. The normalized spacial score (nSPS) is 13.1. The van der Waals surface area contributed by atoms with Gasteiger partial charge in [-0.25, -0.2) is 0 Å². The van der Waals surface area contributed by atoms with Gasteiger partial charge in [-0.2, -0.15) is 0 Å². The standard InChI is InChI=1S/C19H17N3O2S/c1-13-6-2-4-8-15(13)18-20-21-19(24-18)25-12-17(23)22-11-10-14-7-3-5-9-16(14)22/h2-9H,10-12H2,1H3. The molecule has 0 bridgehead atoms. The minimum atomic E-state index is 0.0607. The molecule has 2 aromatic carbocycles. The molecule has 0 aliphatic carbocycles. The average Bonchev–Trinajstić information content (AvgIpc) is 3.27. The molecule has 3 aromatic rings. The lowest BCUT2D eigenvalue weighted by atomic mass is 10.1. The fourth-order valence-electron chi connectivity index (χ4n) is 2.99. The van der Waals surface area contributed by atoms with E-state index in [1.807, 2.05) is 54.3 Å². The highest BCUT2D eigenvalue weighted by molar-refractivity contribution is 7.99. The van der Waals surface area contributed by atoms with Crippen LogP contribution in [0.15, 0.2) is 58.2 Å². The fraction of sp³-hybridized carbons (Fsp3) is 0.211. The van der Waals surface area contributed by atoms with Crippen LogP contribution in [-0.4, -0.2) is 28.4 Å². The van der Waals surface area contributed by atoms with Gasteiger partial charge in [0.2, 0.25) is 11.8 Å². The molecular weight excluding hydrogens is 334 g/mol. The number of carbonyl (C=O) groups excluding carboxylic acids is 1. The first-order valence-corrected chi connectivity index (χ1v) is 9.11. The number of aryl methyl sites for hydroxylation is 1. The van der Waals surface area contributed by atoms with Crippen LogP contribution in [0.4, 0.5) is 5.69 Å². The van der Waals surface area contributed by atoms with Crippen LogP contribution in [0.2, 0.25) is 0 Å². The second-order valence-electron chi connectivity index (χ2n) is 5.90. The van der Waals surface area contributed by atoms with E-state index in [1.54, 1.807) is 0 Å². The summed E-state index contributed by atoms with van der Waals surface area (Å²) in [5.41, 5.74) is 4.23. The SMILES string of the molecule is Cc1ccccc1-c1nnc(SCC(=O)N2CCc3ccccc32)o1. The van der Waals surface area contributed by atoms with Crippen LogP contribution in [0, 0.1) is 6.92 Å². The van der Waals surface area contributed by atoms with Crippen molar-refractivity contribution in [1.29, 1.82) is 0 Å². The molecule has 0 saturated heterocycles. The Bertz CT molecular complexity index is 922. The summed E-state index contributed by atoms with van der Waals surface area (Å²) in [6.07, 6.45) is 0.907. The molecule has 1 aromatic heterocycles. The molecule has 1 amide bonds. The number of hydrogen-bond donors (Lipinski definition) is 0. The van der Waals surface area contributed by atoms with E-state index < -0.39 is 0 Å². The first-order chi connectivity index (χ1) is 12.2. The van der Waals surface area contributed by atoms with Crippen LogP contribution < -0.4 is 4.90 Å². The molecule has 1 aliphatic heterocycles. The van der Waals surface area contributed by atoms with E-state index >= 15 is 0 Å². The number of carbonyl (C=O) groups is 1. The number of benzene rings is 2. The predicted octanol–water partition coefficient (Wildman–Crippen LogP) is 3.73. The summed E-state index contributed by atoms with van der Waals surface area (Å²) in [5.74, 6) is 0.828. The highest BCUT2D eigenvalue weighted by atomic mass is 32.2. The summed E-state index contributed by atoms with van der Waals surface area (Å²) < 4.78 is 5.70. The Morgan fingerprint density at radius 1 is 1.16 bits per heavy atom. The number of para-hydroxylation sites is 1. The van der Waals surface area contributed by atoms with Crippen LogP contribution in [0.3, 0.4) is 0 Å². The zero-order valence-corrected chi connectivity index (χ0v) is 14.6. The number of anilines is 1. The first kappa shape index (κ1) is 15.9. The second kappa shape index (κ2) is 6.72. The average molecular weight is 351 g/mol. The molecule has 0 spiro atoms. The Morgan fingerprint density at radius 3 is 2.84 bits per heavy atom. The van der Waals surface area contributed by atoms with Crippen molar-refractivity contribution in [3.05, 3.63) is 59.7 Å². The van der Waals surface area contributed by atoms with Gasteiger partial charge in [-0.3, -0.25) is 4.79 Å². The van der Waals surface area contributed by atoms with Crippen molar-refractivity contribution < 1.29 is 9.21 Å². The summed E-state index contributed by atoms with van der Waals surface area (Å²) in [6, 6.07) is 15.9. The monoisotopic (exact) mass is 351 g/mol. The maximum absolute atomic E-state index is 12.5. The topological polar surface area (TPSA) is 59.2 Å². The Kier molecular flexibility index (Phi) is 4.28. The number of amides is 1. The quantitative estimate of drug-likeness (QED) is 0.671. The maximum atomic E-state index is 12.5. The van der Waals surface area contributed by atoms with Gasteiger partial charge in [0.25, 0.3) is 5.22 Å². The Hall–Kier alpha value is -2.60. The molecule has 0 fully saturated rings. The molecule has 2 heterocycles. The summed E-state index contributed by atoms with van der Waals surface area (Å²) in [7, 11) is 0. The van der Waals surface area contributed by atoms with E-state index in [0.717, 1.165) is 29.8 Å². The largest absolute Gasteiger partial charge is 0.411 e. The number of thioether (sulfide) groups is 1. The van der Waals surface area contributed by atoms with E-state index in [4.69, 9.17) is 4.42 Å². The van der Waals surface area contributed by atoms with E-state index in [1.165, 1.54) is 17.3 Å². The fourth-order valence-corrected chi connectivity index (χ4v) is 3.63. The number of nitrogens with zero attached hydrogens (tertiary/aromatic N) is 3. The van der Waals surface area contributed by atoms with Gasteiger partial charge in [0, 0.05) is 17.8 Å². The molecule has 0 saturated carbocycles. The lowest BCUT2D eigenvalue weighted by Gasteiger charge is -2.16. The highest BCUT2D eigenvalue weighted by Gasteiger charge is 2.24. The number of rotatable bonds is 4. The molecule has 25 heavy (non-hydrogen) atoms. The Labute approximate surface area is 150 Å². The number of aromatic nitrogens is 2. The minimum absolute atomic E-state index is 0.0607. The van der Waals surface area contributed by atoms with E-state index in [9.17, 15) is 4.79 Å². The highest BCUT2D eigenvalue weighted by Crippen LogP contribution is 2.29. The predicted molar refractivity (Wildman–Crippen MR) is 97.7 cm³/mol. The van der Waals surface area contributed by atoms with Crippen LogP contribution in [0.25, 0.3) is 11.5 Å². The van der Waals surface area contributed by atoms with E-state index in [2.05, 4.69) is 16.3 Å². The van der Waals surface area contributed by atoms with Crippen LogP contribution in [0.1, 0.15) is 11.1 Å².